The Hall–Kier alpha value is -1.88. The number of anilines is 2. The number of aryl methyl sites for hydroxylation is 1. The van der Waals surface area contributed by atoms with Gasteiger partial charge in [0.1, 0.15) is 0 Å². The zero-order valence-electron chi connectivity index (χ0n) is 10.8. The zero-order valence-corrected chi connectivity index (χ0v) is 12.3. The second-order valence-electron chi connectivity index (χ2n) is 4.80. The first-order valence-electron chi connectivity index (χ1n) is 6.45. The molecule has 0 aromatic heterocycles. The van der Waals surface area contributed by atoms with E-state index in [1.165, 1.54) is 11.3 Å². The molecular weight excluding hydrogens is 320 g/mol. The minimum absolute atomic E-state index is 0.125. The van der Waals surface area contributed by atoms with Crippen molar-refractivity contribution in [2.45, 2.75) is 12.8 Å². The first-order valence-corrected chi connectivity index (χ1v) is 7.25. The summed E-state index contributed by atoms with van der Waals surface area (Å²) in [6.45, 7) is 0.932. The maximum absolute atomic E-state index is 10.7. The third kappa shape index (κ3) is 2.41. The van der Waals surface area contributed by atoms with Crippen LogP contribution in [0.25, 0.3) is 0 Å². The lowest BCUT2D eigenvalue weighted by Gasteiger charge is -2.31. The van der Waals surface area contributed by atoms with Crippen molar-refractivity contribution in [1.29, 1.82) is 0 Å². The summed E-state index contributed by atoms with van der Waals surface area (Å²) in [5.74, 6) is 0. The predicted octanol–water partition coefficient (Wildman–Crippen LogP) is 4.44. The van der Waals surface area contributed by atoms with Crippen molar-refractivity contribution >= 4 is 33.0 Å². The Morgan fingerprint density at radius 2 is 1.90 bits per heavy atom. The van der Waals surface area contributed by atoms with Crippen molar-refractivity contribution in [3.05, 3.63) is 62.6 Å². The minimum atomic E-state index is -0.371. The summed E-state index contributed by atoms with van der Waals surface area (Å²) in [6.07, 6.45) is 2.16. The van der Waals surface area contributed by atoms with Gasteiger partial charge in [-0.15, -0.1) is 0 Å². The number of nitro groups is 1. The van der Waals surface area contributed by atoms with Gasteiger partial charge in [0.2, 0.25) is 0 Å². The second-order valence-corrected chi connectivity index (χ2v) is 5.72. The van der Waals surface area contributed by atoms with Crippen LogP contribution in [0.1, 0.15) is 12.0 Å². The average molecular weight is 333 g/mol. The number of benzene rings is 2. The Morgan fingerprint density at radius 3 is 2.60 bits per heavy atom. The van der Waals surface area contributed by atoms with E-state index in [2.05, 4.69) is 39.0 Å². The van der Waals surface area contributed by atoms with E-state index in [4.69, 9.17) is 0 Å². The molecule has 0 radical (unpaired) electrons. The topological polar surface area (TPSA) is 46.4 Å². The summed E-state index contributed by atoms with van der Waals surface area (Å²) >= 11 is 3.51. The van der Waals surface area contributed by atoms with E-state index in [0.29, 0.717) is 0 Å². The van der Waals surface area contributed by atoms with Crippen LogP contribution in [0, 0.1) is 10.1 Å². The van der Waals surface area contributed by atoms with Gasteiger partial charge in [0.25, 0.3) is 5.69 Å². The molecule has 0 atom stereocenters. The van der Waals surface area contributed by atoms with E-state index in [1.807, 2.05) is 12.1 Å². The van der Waals surface area contributed by atoms with Gasteiger partial charge in [-0.25, -0.2) is 0 Å². The molecular formula is C15H13BrN2O2. The fourth-order valence-corrected chi connectivity index (χ4v) is 2.92. The molecule has 0 spiro atoms. The lowest BCUT2D eigenvalue weighted by Crippen LogP contribution is -2.24. The van der Waals surface area contributed by atoms with Gasteiger partial charge in [0.05, 0.1) is 4.92 Å². The molecule has 0 unspecified atom stereocenters. The molecule has 102 valence electrons. The molecule has 1 aliphatic rings. The van der Waals surface area contributed by atoms with Gasteiger partial charge in [-0.2, -0.15) is 0 Å². The van der Waals surface area contributed by atoms with Gasteiger partial charge in [-0.3, -0.25) is 10.1 Å². The van der Waals surface area contributed by atoms with Crippen molar-refractivity contribution < 1.29 is 4.92 Å². The number of hydrogen-bond donors (Lipinski definition) is 0. The van der Waals surface area contributed by atoms with E-state index in [9.17, 15) is 10.1 Å². The zero-order chi connectivity index (χ0) is 14.1. The molecule has 3 rings (SSSR count). The molecule has 2 aromatic rings. The molecule has 0 amide bonds. The predicted molar refractivity (Wildman–Crippen MR) is 82.6 cm³/mol. The summed E-state index contributed by atoms with van der Waals surface area (Å²) in [5, 5.41) is 10.7. The van der Waals surface area contributed by atoms with Crippen LogP contribution in [0.4, 0.5) is 17.1 Å². The average Bonchev–Trinajstić information content (AvgIpc) is 2.46. The SMILES string of the molecule is O=[N+]([O-])c1ccc(N2CCCc3ccc(Br)cc32)cc1. The van der Waals surface area contributed by atoms with Crippen LogP contribution in [-0.4, -0.2) is 11.5 Å². The fraction of sp³-hybridized carbons (Fsp3) is 0.200. The van der Waals surface area contributed by atoms with E-state index in [0.717, 1.165) is 29.5 Å². The molecule has 0 saturated heterocycles. The van der Waals surface area contributed by atoms with Gasteiger partial charge in [-0.1, -0.05) is 22.0 Å². The van der Waals surface area contributed by atoms with Crippen molar-refractivity contribution in [3.8, 4) is 0 Å². The molecule has 2 aromatic carbocycles. The lowest BCUT2D eigenvalue weighted by atomic mass is 10.0. The first-order chi connectivity index (χ1) is 9.65. The highest BCUT2D eigenvalue weighted by molar-refractivity contribution is 9.10. The van der Waals surface area contributed by atoms with Gasteiger partial charge in [0.15, 0.2) is 0 Å². The molecule has 0 N–H and O–H groups in total. The molecule has 0 bridgehead atoms. The smallest absolute Gasteiger partial charge is 0.269 e. The Bertz CT molecular complexity index is 655. The quantitative estimate of drug-likeness (QED) is 0.603. The number of nitro benzene ring substituents is 1. The number of rotatable bonds is 2. The molecule has 1 heterocycles. The molecule has 5 heteroatoms. The highest BCUT2D eigenvalue weighted by Gasteiger charge is 2.19. The molecule has 0 saturated carbocycles. The molecule has 1 aliphatic heterocycles. The van der Waals surface area contributed by atoms with Crippen molar-refractivity contribution in [1.82, 2.24) is 0 Å². The number of nitrogens with zero attached hydrogens (tertiary/aromatic N) is 2. The third-order valence-corrected chi connectivity index (χ3v) is 4.03. The van der Waals surface area contributed by atoms with Crippen LogP contribution >= 0.6 is 15.9 Å². The maximum atomic E-state index is 10.7. The summed E-state index contributed by atoms with van der Waals surface area (Å²) in [4.78, 5) is 12.6. The van der Waals surface area contributed by atoms with Crippen LogP contribution in [0.3, 0.4) is 0 Å². The monoisotopic (exact) mass is 332 g/mol. The third-order valence-electron chi connectivity index (χ3n) is 3.54. The Morgan fingerprint density at radius 1 is 1.15 bits per heavy atom. The second kappa shape index (κ2) is 5.25. The van der Waals surface area contributed by atoms with Gasteiger partial charge in [-0.05, 0) is 42.7 Å². The van der Waals surface area contributed by atoms with Crippen LogP contribution in [0.15, 0.2) is 46.9 Å². The van der Waals surface area contributed by atoms with E-state index < -0.39 is 0 Å². The van der Waals surface area contributed by atoms with Crippen LogP contribution in [-0.2, 0) is 6.42 Å². The highest BCUT2D eigenvalue weighted by atomic mass is 79.9. The van der Waals surface area contributed by atoms with Gasteiger partial charge >= 0.3 is 0 Å². The molecule has 20 heavy (non-hydrogen) atoms. The maximum Gasteiger partial charge on any atom is 0.269 e. The van der Waals surface area contributed by atoms with E-state index in [1.54, 1.807) is 12.1 Å². The first kappa shape index (κ1) is 13.1. The molecule has 0 aliphatic carbocycles. The largest absolute Gasteiger partial charge is 0.341 e. The molecule has 0 fully saturated rings. The van der Waals surface area contributed by atoms with Gasteiger partial charge in [0, 0.05) is 34.5 Å². The van der Waals surface area contributed by atoms with Crippen molar-refractivity contribution in [2.75, 3.05) is 11.4 Å². The summed E-state index contributed by atoms with van der Waals surface area (Å²) in [5.41, 5.74) is 3.62. The van der Waals surface area contributed by atoms with Crippen LogP contribution < -0.4 is 4.90 Å². The van der Waals surface area contributed by atoms with Crippen LogP contribution in [0.2, 0.25) is 0 Å². The Balaban J connectivity index is 1.99. The van der Waals surface area contributed by atoms with Crippen molar-refractivity contribution in [2.24, 2.45) is 0 Å². The number of fused-ring (bicyclic) bond motifs is 1. The fourth-order valence-electron chi connectivity index (χ4n) is 2.57. The summed E-state index contributed by atoms with van der Waals surface area (Å²) < 4.78 is 1.05. The molecule has 4 nitrogen and oxygen atoms in total. The van der Waals surface area contributed by atoms with Crippen molar-refractivity contribution in [3.63, 3.8) is 0 Å². The van der Waals surface area contributed by atoms with E-state index >= 15 is 0 Å². The van der Waals surface area contributed by atoms with E-state index in [-0.39, 0.29) is 10.6 Å². The van der Waals surface area contributed by atoms with Gasteiger partial charge < -0.3 is 4.90 Å². The summed E-state index contributed by atoms with van der Waals surface area (Å²) in [6, 6.07) is 13.0. The minimum Gasteiger partial charge on any atom is -0.341 e. The number of halogens is 1. The lowest BCUT2D eigenvalue weighted by molar-refractivity contribution is -0.384. The number of hydrogen-bond acceptors (Lipinski definition) is 3. The Labute approximate surface area is 125 Å². The normalized spacial score (nSPS) is 13.9. The Kier molecular flexibility index (Phi) is 3.44. The number of non-ortho nitro benzene ring substituents is 1. The summed E-state index contributed by atoms with van der Waals surface area (Å²) in [7, 11) is 0. The van der Waals surface area contributed by atoms with Crippen LogP contribution in [0.5, 0.6) is 0 Å². The standard InChI is InChI=1S/C15H13BrN2O2/c16-12-4-3-11-2-1-9-17(15(11)10-12)13-5-7-14(8-6-13)18(19)20/h3-8,10H,1-2,9H2. The highest BCUT2D eigenvalue weighted by Crippen LogP contribution is 2.35.